The lowest BCUT2D eigenvalue weighted by atomic mass is 9.97. The fraction of sp³-hybridized carbons (Fsp3) is 0.500. The van der Waals surface area contributed by atoms with E-state index in [0.717, 1.165) is 16.7 Å². The Morgan fingerprint density at radius 1 is 1.42 bits per heavy atom. The fourth-order valence-electron chi connectivity index (χ4n) is 2.43. The first-order valence-corrected chi connectivity index (χ1v) is 7.21. The van der Waals surface area contributed by atoms with Crippen molar-refractivity contribution in [2.45, 2.75) is 25.4 Å². The second-order valence-corrected chi connectivity index (χ2v) is 6.47. The largest absolute Gasteiger partial charge is 0.356 e. The van der Waals surface area contributed by atoms with E-state index in [1.807, 2.05) is 45.2 Å². The summed E-state index contributed by atoms with van der Waals surface area (Å²) in [7, 11) is 1.87. The van der Waals surface area contributed by atoms with Gasteiger partial charge in [0.15, 0.2) is 0 Å². The van der Waals surface area contributed by atoms with Crippen LogP contribution in [0.4, 0.5) is 5.69 Å². The zero-order valence-electron chi connectivity index (χ0n) is 11.5. The van der Waals surface area contributed by atoms with Gasteiger partial charge in [-0.15, -0.1) is 0 Å². The minimum atomic E-state index is -0.214. The molecule has 0 spiro atoms. The third kappa shape index (κ3) is 3.28. The second-order valence-electron chi connectivity index (χ2n) is 5.55. The summed E-state index contributed by atoms with van der Waals surface area (Å²) >= 11 is 3.44. The summed E-state index contributed by atoms with van der Waals surface area (Å²) in [6.07, 6.45) is 0. The highest BCUT2D eigenvalue weighted by molar-refractivity contribution is 9.10. The molecule has 1 unspecified atom stereocenters. The lowest BCUT2D eigenvalue weighted by molar-refractivity contribution is -0.125. The van der Waals surface area contributed by atoms with Gasteiger partial charge in [0.25, 0.3) is 0 Å². The van der Waals surface area contributed by atoms with E-state index in [2.05, 4.69) is 31.5 Å². The molecular formula is C14H20BrN3O. The standard InChI is InChI=1S/C14H20BrN3O/c1-14(2)9-18(11-6-4-10(15)5-7-11)12(8-16-3)13(19)17-14/h4-7,12,16H,8-9H2,1-3H3,(H,17,19). The molecule has 2 N–H and O–H groups in total. The van der Waals surface area contributed by atoms with Crippen molar-refractivity contribution in [2.75, 3.05) is 25.0 Å². The van der Waals surface area contributed by atoms with Crippen LogP contribution in [0.3, 0.4) is 0 Å². The Bertz CT molecular complexity index is 458. The van der Waals surface area contributed by atoms with Gasteiger partial charge in [0.05, 0.1) is 5.54 Å². The first-order chi connectivity index (χ1) is 8.93. The number of likely N-dealkylation sites (N-methyl/N-ethyl adjacent to an activating group) is 1. The number of piperazine rings is 1. The highest BCUT2D eigenvalue weighted by Crippen LogP contribution is 2.25. The van der Waals surface area contributed by atoms with Crippen LogP contribution in [0.2, 0.25) is 0 Å². The summed E-state index contributed by atoms with van der Waals surface area (Å²) < 4.78 is 1.04. The molecule has 4 nitrogen and oxygen atoms in total. The first-order valence-electron chi connectivity index (χ1n) is 6.42. The van der Waals surface area contributed by atoms with Crippen molar-refractivity contribution >= 4 is 27.5 Å². The third-order valence-corrected chi connectivity index (χ3v) is 3.79. The Morgan fingerprint density at radius 3 is 2.63 bits per heavy atom. The molecule has 1 atom stereocenters. The summed E-state index contributed by atoms with van der Waals surface area (Å²) in [6.45, 7) is 5.53. The molecule has 0 bridgehead atoms. The summed E-state index contributed by atoms with van der Waals surface area (Å²) in [5.41, 5.74) is 0.861. The zero-order valence-corrected chi connectivity index (χ0v) is 13.1. The van der Waals surface area contributed by atoms with Crippen LogP contribution in [-0.4, -0.2) is 37.6 Å². The molecule has 5 heteroatoms. The highest BCUT2D eigenvalue weighted by atomic mass is 79.9. The smallest absolute Gasteiger partial charge is 0.244 e. The van der Waals surface area contributed by atoms with Gasteiger partial charge in [-0.3, -0.25) is 4.79 Å². The molecule has 104 valence electrons. The molecule has 1 fully saturated rings. The van der Waals surface area contributed by atoms with Crippen LogP contribution < -0.4 is 15.5 Å². The zero-order chi connectivity index (χ0) is 14.0. The fourth-order valence-corrected chi connectivity index (χ4v) is 2.70. The van der Waals surface area contributed by atoms with Crippen molar-refractivity contribution in [3.63, 3.8) is 0 Å². The van der Waals surface area contributed by atoms with Crippen LogP contribution in [0.15, 0.2) is 28.7 Å². The molecule has 1 aromatic carbocycles. The predicted octanol–water partition coefficient (Wildman–Crippen LogP) is 1.75. The minimum absolute atomic E-state index is 0.0773. The summed E-state index contributed by atoms with van der Waals surface area (Å²) in [5, 5.41) is 6.17. The van der Waals surface area contributed by atoms with E-state index in [-0.39, 0.29) is 17.5 Å². The Morgan fingerprint density at radius 2 is 2.05 bits per heavy atom. The topological polar surface area (TPSA) is 44.4 Å². The third-order valence-electron chi connectivity index (χ3n) is 3.26. The van der Waals surface area contributed by atoms with Gasteiger partial charge in [-0.2, -0.15) is 0 Å². The molecule has 19 heavy (non-hydrogen) atoms. The normalized spacial score (nSPS) is 22.2. The van der Waals surface area contributed by atoms with Crippen LogP contribution in [0, 0.1) is 0 Å². The van der Waals surface area contributed by atoms with Gasteiger partial charge in [-0.05, 0) is 45.2 Å². The minimum Gasteiger partial charge on any atom is -0.356 e. The van der Waals surface area contributed by atoms with E-state index in [4.69, 9.17) is 0 Å². The van der Waals surface area contributed by atoms with Gasteiger partial charge in [-0.1, -0.05) is 15.9 Å². The molecule has 1 aliphatic rings. The maximum Gasteiger partial charge on any atom is 0.244 e. The molecule has 1 aromatic rings. The Hall–Kier alpha value is -1.07. The highest BCUT2D eigenvalue weighted by Gasteiger charge is 2.38. The Balaban J connectivity index is 2.31. The predicted molar refractivity (Wildman–Crippen MR) is 81.4 cm³/mol. The molecule has 0 aliphatic carbocycles. The maximum atomic E-state index is 12.2. The monoisotopic (exact) mass is 325 g/mol. The van der Waals surface area contributed by atoms with Gasteiger partial charge in [-0.25, -0.2) is 0 Å². The lowest BCUT2D eigenvalue weighted by Gasteiger charge is -2.45. The van der Waals surface area contributed by atoms with Crippen LogP contribution >= 0.6 is 15.9 Å². The summed E-state index contributed by atoms with van der Waals surface area (Å²) in [6, 6.07) is 7.93. The molecule has 0 radical (unpaired) electrons. The van der Waals surface area contributed by atoms with Gasteiger partial charge in [0, 0.05) is 23.2 Å². The van der Waals surface area contributed by atoms with Crippen molar-refractivity contribution in [3.05, 3.63) is 28.7 Å². The summed E-state index contributed by atoms with van der Waals surface area (Å²) in [4.78, 5) is 14.4. The number of carbonyl (C=O) groups excluding carboxylic acids is 1. The SMILES string of the molecule is CNCC1C(=O)NC(C)(C)CN1c1ccc(Br)cc1. The quantitative estimate of drug-likeness (QED) is 0.890. The first kappa shape index (κ1) is 14.3. The van der Waals surface area contributed by atoms with Crippen molar-refractivity contribution in [2.24, 2.45) is 0 Å². The number of benzene rings is 1. The molecule has 1 aliphatic heterocycles. The molecule has 0 saturated carbocycles. The molecule has 1 heterocycles. The number of halogens is 1. The van der Waals surface area contributed by atoms with E-state index >= 15 is 0 Å². The number of rotatable bonds is 3. The van der Waals surface area contributed by atoms with Crippen LogP contribution in [0.5, 0.6) is 0 Å². The van der Waals surface area contributed by atoms with E-state index in [1.165, 1.54) is 0 Å². The van der Waals surface area contributed by atoms with E-state index in [9.17, 15) is 4.79 Å². The number of anilines is 1. The number of nitrogens with one attached hydrogen (secondary N) is 2. The van der Waals surface area contributed by atoms with Crippen molar-refractivity contribution in [3.8, 4) is 0 Å². The number of nitrogens with zero attached hydrogens (tertiary/aromatic N) is 1. The van der Waals surface area contributed by atoms with Crippen LogP contribution in [0.25, 0.3) is 0 Å². The van der Waals surface area contributed by atoms with E-state index < -0.39 is 0 Å². The lowest BCUT2D eigenvalue weighted by Crippen LogP contribution is -2.66. The molecule has 1 saturated heterocycles. The molecule has 2 rings (SSSR count). The number of hydrogen-bond donors (Lipinski definition) is 2. The Labute approximate surface area is 122 Å². The molecular weight excluding hydrogens is 306 g/mol. The van der Waals surface area contributed by atoms with Crippen molar-refractivity contribution < 1.29 is 4.79 Å². The number of hydrogen-bond acceptors (Lipinski definition) is 3. The average Bonchev–Trinajstić information content (AvgIpc) is 2.33. The Kier molecular flexibility index (Phi) is 4.16. The van der Waals surface area contributed by atoms with Crippen LogP contribution in [0.1, 0.15) is 13.8 Å². The van der Waals surface area contributed by atoms with Gasteiger partial charge in [0.2, 0.25) is 5.91 Å². The van der Waals surface area contributed by atoms with Gasteiger partial charge >= 0.3 is 0 Å². The average molecular weight is 326 g/mol. The summed E-state index contributed by atoms with van der Waals surface area (Å²) in [5.74, 6) is 0.0773. The number of amides is 1. The maximum absolute atomic E-state index is 12.2. The van der Waals surface area contributed by atoms with Crippen molar-refractivity contribution in [1.82, 2.24) is 10.6 Å². The van der Waals surface area contributed by atoms with Crippen molar-refractivity contribution in [1.29, 1.82) is 0 Å². The van der Waals surface area contributed by atoms with Gasteiger partial charge < -0.3 is 15.5 Å². The van der Waals surface area contributed by atoms with E-state index in [0.29, 0.717) is 6.54 Å². The second kappa shape index (κ2) is 5.51. The van der Waals surface area contributed by atoms with Crippen LogP contribution in [-0.2, 0) is 4.79 Å². The molecule has 1 amide bonds. The molecule has 0 aromatic heterocycles. The van der Waals surface area contributed by atoms with Gasteiger partial charge in [0.1, 0.15) is 6.04 Å². The van der Waals surface area contributed by atoms with E-state index in [1.54, 1.807) is 0 Å². The number of carbonyl (C=O) groups is 1.